The monoisotopic (exact) mass is 358 g/mol. The van der Waals surface area contributed by atoms with Crippen LogP contribution in [-0.2, 0) is 0 Å². The minimum atomic E-state index is 0.130. The van der Waals surface area contributed by atoms with E-state index >= 15 is 0 Å². The highest BCUT2D eigenvalue weighted by Gasteiger charge is 2.04. The number of anilines is 1. The minimum Gasteiger partial charge on any atom is -0.507 e. The second-order valence-corrected chi connectivity index (χ2v) is 5.52. The van der Waals surface area contributed by atoms with Crippen molar-refractivity contribution in [1.29, 1.82) is 0 Å². The molecule has 0 heterocycles. The smallest absolute Gasteiger partial charge is 0.124 e. The van der Waals surface area contributed by atoms with Gasteiger partial charge >= 0.3 is 0 Å². The molecule has 0 amide bonds. The number of nitrogens with two attached hydrogens (primary N) is 1. The zero-order valence-corrected chi connectivity index (χ0v) is 12.7. The third-order valence-electron chi connectivity index (χ3n) is 2.40. The Kier molecular flexibility index (Phi) is 4.34. The van der Waals surface area contributed by atoms with E-state index in [1.165, 1.54) is 12.3 Å². The van der Waals surface area contributed by atoms with Crippen molar-refractivity contribution in [2.75, 3.05) is 5.73 Å². The maximum atomic E-state index is 9.69. The first-order chi connectivity index (χ1) is 8.97. The normalized spacial score (nSPS) is 11.1. The number of halogens is 3. The van der Waals surface area contributed by atoms with Crippen LogP contribution in [0, 0.1) is 0 Å². The topological polar surface area (TPSA) is 58.6 Å². The number of hydrogen-bond acceptors (Lipinski definition) is 3. The molecule has 6 heteroatoms. The minimum absolute atomic E-state index is 0.130. The summed E-state index contributed by atoms with van der Waals surface area (Å²) in [6.07, 6.45) is 1.51. The molecular weight excluding hydrogens is 351 g/mol. The molecular formula is C13H9BrCl2N2O. The van der Waals surface area contributed by atoms with Crippen LogP contribution in [0.15, 0.2) is 39.8 Å². The molecule has 19 heavy (non-hydrogen) atoms. The molecule has 0 fully saturated rings. The summed E-state index contributed by atoms with van der Waals surface area (Å²) in [5.74, 6) is 0.130. The van der Waals surface area contributed by atoms with Gasteiger partial charge in [-0.2, -0.15) is 0 Å². The molecule has 0 saturated carbocycles. The summed E-state index contributed by atoms with van der Waals surface area (Å²) in [7, 11) is 0. The van der Waals surface area contributed by atoms with Crippen LogP contribution in [0.1, 0.15) is 5.56 Å². The Hall–Kier alpha value is -1.23. The van der Waals surface area contributed by atoms with E-state index < -0.39 is 0 Å². The summed E-state index contributed by atoms with van der Waals surface area (Å²) in [4.78, 5) is 4.21. The molecule has 3 N–H and O–H groups in total. The Labute approximate surface area is 128 Å². The number of aromatic hydroxyl groups is 1. The van der Waals surface area contributed by atoms with Crippen molar-refractivity contribution in [3.63, 3.8) is 0 Å². The Bertz CT molecular complexity index is 659. The lowest BCUT2D eigenvalue weighted by Crippen LogP contribution is -1.87. The highest BCUT2D eigenvalue weighted by Crippen LogP contribution is 2.32. The fraction of sp³-hybridized carbons (Fsp3) is 0. The average molecular weight is 360 g/mol. The average Bonchev–Trinajstić information content (AvgIpc) is 2.36. The van der Waals surface area contributed by atoms with Crippen molar-refractivity contribution in [2.45, 2.75) is 0 Å². The Morgan fingerprint density at radius 1 is 1.16 bits per heavy atom. The molecule has 0 saturated heterocycles. The maximum absolute atomic E-state index is 9.69. The fourth-order valence-corrected chi connectivity index (χ4v) is 2.14. The van der Waals surface area contributed by atoms with Crippen molar-refractivity contribution in [2.24, 2.45) is 4.99 Å². The van der Waals surface area contributed by atoms with Crippen LogP contribution in [0.2, 0.25) is 10.0 Å². The number of phenols is 1. The standard InChI is InChI=1S/C13H9BrCl2N2O/c14-8-1-2-13(19)7(3-8)6-18-12-5-10(16)9(15)4-11(12)17/h1-6,19H,17H2. The molecule has 0 atom stereocenters. The van der Waals surface area contributed by atoms with Gasteiger partial charge in [-0.1, -0.05) is 39.1 Å². The van der Waals surface area contributed by atoms with E-state index in [1.807, 2.05) is 0 Å². The van der Waals surface area contributed by atoms with Crippen molar-refractivity contribution in [3.05, 3.63) is 50.4 Å². The van der Waals surface area contributed by atoms with E-state index in [0.29, 0.717) is 27.0 Å². The van der Waals surface area contributed by atoms with Gasteiger partial charge in [-0.25, -0.2) is 0 Å². The van der Waals surface area contributed by atoms with Gasteiger partial charge in [0.2, 0.25) is 0 Å². The lowest BCUT2D eigenvalue weighted by atomic mass is 10.2. The van der Waals surface area contributed by atoms with E-state index in [9.17, 15) is 5.11 Å². The first-order valence-electron chi connectivity index (χ1n) is 5.24. The summed E-state index contributed by atoms with van der Waals surface area (Å²) in [5, 5.41) is 10.4. The van der Waals surface area contributed by atoms with E-state index in [1.54, 1.807) is 24.3 Å². The molecule has 2 aromatic carbocycles. The summed E-state index contributed by atoms with van der Waals surface area (Å²) in [6, 6.07) is 8.17. The van der Waals surface area contributed by atoms with E-state index in [-0.39, 0.29) is 5.75 Å². The van der Waals surface area contributed by atoms with E-state index in [2.05, 4.69) is 20.9 Å². The quantitative estimate of drug-likeness (QED) is 0.598. The Morgan fingerprint density at radius 2 is 1.84 bits per heavy atom. The van der Waals surface area contributed by atoms with Crippen LogP contribution >= 0.6 is 39.1 Å². The van der Waals surface area contributed by atoms with Crippen LogP contribution < -0.4 is 5.73 Å². The van der Waals surface area contributed by atoms with Crippen LogP contribution in [0.25, 0.3) is 0 Å². The zero-order valence-electron chi connectivity index (χ0n) is 9.57. The number of nitrogen functional groups attached to an aromatic ring is 1. The first kappa shape index (κ1) is 14.2. The van der Waals surface area contributed by atoms with Gasteiger partial charge in [0.15, 0.2) is 0 Å². The molecule has 2 rings (SSSR count). The second-order valence-electron chi connectivity index (χ2n) is 3.79. The molecule has 0 bridgehead atoms. The van der Waals surface area contributed by atoms with E-state index in [0.717, 1.165) is 4.47 Å². The van der Waals surface area contributed by atoms with Gasteiger partial charge in [0.25, 0.3) is 0 Å². The Balaban J connectivity index is 2.38. The summed E-state index contributed by atoms with van der Waals surface area (Å²) in [6.45, 7) is 0. The lowest BCUT2D eigenvalue weighted by molar-refractivity contribution is 0.474. The van der Waals surface area contributed by atoms with Crippen LogP contribution in [-0.4, -0.2) is 11.3 Å². The number of nitrogens with zero attached hydrogens (tertiary/aromatic N) is 1. The molecule has 0 unspecified atom stereocenters. The molecule has 0 aliphatic carbocycles. The highest BCUT2D eigenvalue weighted by molar-refractivity contribution is 9.10. The number of benzene rings is 2. The largest absolute Gasteiger partial charge is 0.507 e. The van der Waals surface area contributed by atoms with Gasteiger partial charge in [0, 0.05) is 16.3 Å². The number of rotatable bonds is 2. The van der Waals surface area contributed by atoms with Gasteiger partial charge in [0.1, 0.15) is 5.75 Å². The molecule has 98 valence electrons. The van der Waals surface area contributed by atoms with Gasteiger partial charge in [-0.15, -0.1) is 0 Å². The predicted octanol–water partition coefficient (Wildman–Crippen LogP) is 4.79. The van der Waals surface area contributed by atoms with Crippen molar-refractivity contribution in [1.82, 2.24) is 0 Å². The molecule has 0 spiro atoms. The summed E-state index contributed by atoms with van der Waals surface area (Å²) >= 11 is 15.1. The molecule has 0 aromatic heterocycles. The molecule has 2 aromatic rings. The fourth-order valence-electron chi connectivity index (χ4n) is 1.43. The number of phenolic OH excluding ortho intramolecular Hbond substituents is 1. The predicted molar refractivity (Wildman–Crippen MR) is 83.9 cm³/mol. The van der Waals surface area contributed by atoms with Crippen molar-refractivity contribution in [3.8, 4) is 5.75 Å². The molecule has 0 aliphatic rings. The Morgan fingerprint density at radius 3 is 2.58 bits per heavy atom. The number of aliphatic imine (C=N–C) groups is 1. The first-order valence-corrected chi connectivity index (χ1v) is 6.79. The zero-order chi connectivity index (χ0) is 14.0. The maximum Gasteiger partial charge on any atom is 0.124 e. The lowest BCUT2D eigenvalue weighted by Gasteiger charge is -2.03. The van der Waals surface area contributed by atoms with Gasteiger partial charge < -0.3 is 10.8 Å². The molecule has 0 radical (unpaired) electrons. The van der Waals surface area contributed by atoms with Crippen molar-refractivity contribution < 1.29 is 5.11 Å². The van der Waals surface area contributed by atoms with E-state index in [4.69, 9.17) is 28.9 Å². The highest BCUT2D eigenvalue weighted by atomic mass is 79.9. The second kappa shape index (κ2) is 5.82. The van der Waals surface area contributed by atoms with Crippen LogP contribution in [0.3, 0.4) is 0 Å². The third-order valence-corrected chi connectivity index (χ3v) is 3.62. The molecule has 0 aliphatic heterocycles. The number of hydrogen-bond donors (Lipinski definition) is 2. The third kappa shape index (κ3) is 3.41. The summed E-state index contributed by atoms with van der Waals surface area (Å²) < 4.78 is 0.842. The SMILES string of the molecule is Nc1cc(Cl)c(Cl)cc1N=Cc1cc(Br)ccc1O. The summed E-state index contributed by atoms with van der Waals surface area (Å²) in [5.41, 5.74) is 7.27. The molecule has 3 nitrogen and oxygen atoms in total. The van der Waals surface area contributed by atoms with Gasteiger partial charge in [-0.05, 0) is 30.3 Å². The van der Waals surface area contributed by atoms with Gasteiger partial charge in [-0.3, -0.25) is 4.99 Å². The van der Waals surface area contributed by atoms with Crippen LogP contribution in [0.5, 0.6) is 5.75 Å². The van der Waals surface area contributed by atoms with Crippen LogP contribution in [0.4, 0.5) is 11.4 Å². The van der Waals surface area contributed by atoms with Gasteiger partial charge in [0.05, 0.1) is 21.4 Å². The van der Waals surface area contributed by atoms with Crippen molar-refractivity contribution >= 4 is 56.7 Å².